The molecule has 0 aromatic heterocycles. The molecule has 0 atom stereocenters. The van der Waals surface area contributed by atoms with Crippen molar-refractivity contribution in [1.29, 1.82) is 0 Å². The summed E-state index contributed by atoms with van der Waals surface area (Å²) in [6.45, 7) is 0. The van der Waals surface area contributed by atoms with E-state index in [1.807, 2.05) is 0 Å². The predicted octanol–water partition coefficient (Wildman–Crippen LogP) is 1.14. The van der Waals surface area contributed by atoms with E-state index >= 15 is 0 Å². The van der Waals surface area contributed by atoms with Crippen molar-refractivity contribution in [2.45, 2.75) is 0 Å². The highest BCUT2D eigenvalue weighted by Crippen LogP contribution is 2.05. The summed E-state index contributed by atoms with van der Waals surface area (Å²) in [5.74, 6) is 0.417. The molecule has 0 bridgehead atoms. The molecule has 0 saturated heterocycles. The van der Waals surface area contributed by atoms with E-state index < -0.39 is 0 Å². The third-order valence-electron chi connectivity index (χ3n) is 0.113. The Morgan fingerprint density at radius 2 is 2.60 bits per heavy atom. The molecule has 0 heterocycles. The van der Waals surface area contributed by atoms with Gasteiger partial charge in [-0.15, -0.1) is 0 Å². The van der Waals surface area contributed by atoms with Gasteiger partial charge >= 0.3 is 0 Å². The highest BCUT2D eigenvalue weighted by atomic mass is 79.9. The second-order valence-electron chi connectivity index (χ2n) is 0.398. The van der Waals surface area contributed by atoms with Gasteiger partial charge in [-0.3, -0.25) is 4.79 Å². The van der Waals surface area contributed by atoms with Gasteiger partial charge in [0.05, 0.1) is 5.75 Å². The molecule has 0 aliphatic heterocycles. The Bertz CT molecular complexity index is 30.8. The molecule has 0 N–H and O–H groups in total. The van der Waals surface area contributed by atoms with E-state index in [2.05, 4.69) is 14.8 Å². The molecule has 0 saturated carbocycles. The summed E-state index contributed by atoms with van der Waals surface area (Å²) in [5.41, 5.74) is 0. The quantitative estimate of drug-likeness (QED) is 0.593. The van der Waals surface area contributed by atoms with Crippen LogP contribution in [0.25, 0.3) is 0 Å². The third kappa shape index (κ3) is 4.50. The Morgan fingerprint density at radius 3 is 2.60 bits per heavy atom. The van der Waals surface area contributed by atoms with Gasteiger partial charge in [0, 0.05) is 0 Å². The fourth-order valence-electron chi connectivity index (χ4n) is 0.0223. The van der Waals surface area contributed by atoms with Gasteiger partial charge in [0.15, 0.2) is 0 Å². The molecule has 0 fully saturated rings. The van der Waals surface area contributed by atoms with Crippen LogP contribution in [0.1, 0.15) is 0 Å². The number of rotatable bonds is 2. The molecule has 1 radical (unpaired) electrons. The number of hydrogen-bond acceptors (Lipinski definition) is 2. The first kappa shape index (κ1) is 5.50. The van der Waals surface area contributed by atoms with Crippen LogP contribution >= 0.6 is 25.0 Å². The van der Waals surface area contributed by atoms with Gasteiger partial charge in [-0.2, -0.15) is 0 Å². The molecule has 1 nitrogen and oxygen atoms in total. The fourth-order valence-corrected chi connectivity index (χ4v) is 0.347. The van der Waals surface area contributed by atoms with Gasteiger partial charge in [0.25, 0.3) is 0 Å². The molecule has 5 heavy (non-hydrogen) atoms. The van der Waals surface area contributed by atoms with Crippen LogP contribution in [-0.2, 0) is 4.79 Å². The molecule has 0 spiro atoms. The second-order valence-corrected chi connectivity index (χ2v) is 2.28. The Labute approximate surface area is 42.3 Å². The first-order valence-electron chi connectivity index (χ1n) is 1.00. The van der Waals surface area contributed by atoms with Gasteiger partial charge in [0.1, 0.15) is 0 Å². The standard InChI is InChI=1S/C2H2BrOS/c3-5-2-1-4/h2H2. The van der Waals surface area contributed by atoms with Crippen molar-refractivity contribution in [3.8, 4) is 0 Å². The van der Waals surface area contributed by atoms with Crippen LogP contribution < -0.4 is 0 Å². The Balaban J connectivity index is 2.40. The monoisotopic (exact) mass is 153 g/mol. The SMILES string of the molecule is O=[C]CSBr. The summed E-state index contributed by atoms with van der Waals surface area (Å²) >= 11 is 2.96. The van der Waals surface area contributed by atoms with Crippen molar-refractivity contribution in [3.05, 3.63) is 0 Å². The lowest BCUT2D eigenvalue weighted by molar-refractivity contribution is 0.560. The topological polar surface area (TPSA) is 17.1 Å². The zero-order valence-electron chi connectivity index (χ0n) is 2.40. The molecule has 0 aromatic rings. The van der Waals surface area contributed by atoms with Crippen molar-refractivity contribution in [2.75, 3.05) is 5.75 Å². The van der Waals surface area contributed by atoms with Crippen LogP contribution in [0.4, 0.5) is 0 Å². The lowest BCUT2D eigenvalue weighted by Gasteiger charge is -1.64. The summed E-state index contributed by atoms with van der Waals surface area (Å²) in [4.78, 5) is 9.23. The Morgan fingerprint density at radius 1 is 2.00 bits per heavy atom. The maximum absolute atomic E-state index is 9.23. The molecule has 29 valence electrons. The lowest BCUT2D eigenvalue weighted by Crippen LogP contribution is -1.66. The van der Waals surface area contributed by atoms with Crippen LogP contribution in [0.2, 0.25) is 0 Å². The van der Waals surface area contributed by atoms with Crippen LogP contribution in [0.5, 0.6) is 0 Å². The average molecular weight is 154 g/mol. The number of carbonyl (C=O) groups excluding carboxylic acids is 1. The molecule has 0 aromatic carbocycles. The van der Waals surface area contributed by atoms with E-state index in [1.54, 1.807) is 6.29 Å². The van der Waals surface area contributed by atoms with Crippen molar-refractivity contribution < 1.29 is 4.79 Å². The summed E-state index contributed by atoms with van der Waals surface area (Å²) in [6.07, 6.45) is 1.68. The molecule has 0 unspecified atom stereocenters. The molecule has 0 rings (SSSR count). The summed E-state index contributed by atoms with van der Waals surface area (Å²) in [7, 11) is 1.29. The van der Waals surface area contributed by atoms with Crippen molar-refractivity contribution in [3.63, 3.8) is 0 Å². The number of hydrogen-bond donors (Lipinski definition) is 0. The van der Waals surface area contributed by atoms with Crippen LogP contribution in [0.15, 0.2) is 0 Å². The van der Waals surface area contributed by atoms with Gasteiger partial charge in [-0.1, -0.05) is 10.2 Å². The van der Waals surface area contributed by atoms with Crippen molar-refractivity contribution in [2.24, 2.45) is 0 Å². The van der Waals surface area contributed by atoms with Crippen LogP contribution in [0.3, 0.4) is 0 Å². The van der Waals surface area contributed by atoms with Crippen LogP contribution in [0, 0.1) is 0 Å². The van der Waals surface area contributed by atoms with E-state index in [4.69, 9.17) is 0 Å². The zero-order chi connectivity index (χ0) is 4.12. The maximum Gasteiger partial charge on any atom is 0.210 e. The molecule has 0 amide bonds. The van der Waals surface area contributed by atoms with E-state index in [1.165, 1.54) is 10.2 Å². The largest absolute Gasteiger partial charge is 0.290 e. The minimum Gasteiger partial charge on any atom is -0.290 e. The maximum atomic E-state index is 9.23. The molecular formula is C2H2BrOS. The normalized spacial score (nSPS) is 7.40. The average Bonchev–Trinajstić information content (AvgIpc) is 1.41. The Hall–Kier alpha value is 0.500. The molecule has 3 heteroatoms. The summed E-state index contributed by atoms with van der Waals surface area (Å²) < 4.78 is 0. The van der Waals surface area contributed by atoms with E-state index in [-0.39, 0.29) is 0 Å². The second kappa shape index (κ2) is 4.50. The predicted molar refractivity (Wildman–Crippen MR) is 27.1 cm³/mol. The van der Waals surface area contributed by atoms with Gasteiger partial charge in [-0.25, -0.2) is 0 Å². The third-order valence-corrected chi connectivity index (χ3v) is 1.03. The molecule has 0 aliphatic carbocycles. The first-order chi connectivity index (χ1) is 2.41. The minimum absolute atomic E-state index is 0.417. The van der Waals surface area contributed by atoms with E-state index in [0.29, 0.717) is 5.75 Å². The number of halogens is 1. The molecular weight excluding hydrogens is 152 g/mol. The fraction of sp³-hybridized carbons (Fsp3) is 0.500. The van der Waals surface area contributed by atoms with Crippen molar-refractivity contribution in [1.82, 2.24) is 0 Å². The van der Waals surface area contributed by atoms with E-state index in [9.17, 15) is 4.79 Å². The van der Waals surface area contributed by atoms with Gasteiger partial charge < -0.3 is 0 Å². The van der Waals surface area contributed by atoms with E-state index in [0.717, 1.165) is 0 Å². The minimum atomic E-state index is 0.417. The highest BCUT2D eigenvalue weighted by molar-refractivity contribution is 9.50. The lowest BCUT2D eigenvalue weighted by atomic mass is 10.9. The Kier molecular flexibility index (Phi) is 4.95. The van der Waals surface area contributed by atoms with Gasteiger partial charge in [-0.05, 0) is 14.8 Å². The summed E-state index contributed by atoms with van der Waals surface area (Å²) in [6, 6.07) is 0. The van der Waals surface area contributed by atoms with Crippen LogP contribution in [-0.4, -0.2) is 12.0 Å². The highest BCUT2D eigenvalue weighted by Gasteiger charge is 1.71. The van der Waals surface area contributed by atoms with Gasteiger partial charge in [0.2, 0.25) is 6.29 Å². The smallest absolute Gasteiger partial charge is 0.210 e. The van der Waals surface area contributed by atoms with Crippen molar-refractivity contribution >= 4 is 31.3 Å². The summed E-state index contributed by atoms with van der Waals surface area (Å²) in [5, 5.41) is 0. The molecule has 0 aliphatic rings. The first-order valence-corrected chi connectivity index (χ1v) is 3.83. The zero-order valence-corrected chi connectivity index (χ0v) is 4.80.